The summed E-state index contributed by atoms with van der Waals surface area (Å²) in [5.74, 6) is -0.613. The maximum absolute atomic E-state index is 13.2. The van der Waals surface area contributed by atoms with Gasteiger partial charge in [0.1, 0.15) is 18.0 Å². The number of urea groups is 1. The molecule has 8 nitrogen and oxygen atoms in total. The molecule has 1 saturated heterocycles. The van der Waals surface area contributed by atoms with Crippen molar-refractivity contribution in [3.8, 4) is 5.75 Å². The number of ether oxygens (including phenoxy) is 1. The molecule has 0 radical (unpaired) electrons. The molecule has 4 aromatic rings. The summed E-state index contributed by atoms with van der Waals surface area (Å²) < 4.78 is 7.40. The Balaban J connectivity index is 1.41. The minimum atomic E-state index is -0.654. The summed E-state index contributed by atoms with van der Waals surface area (Å²) >= 11 is 6.05. The van der Waals surface area contributed by atoms with Gasteiger partial charge in [0.15, 0.2) is 0 Å². The molecule has 0 bridgehead atoms. The fourth-order valence-corrected chi connectivity index (χ4v) is 4.68. The van der Waals surface area contributed by atoms with Gasteiger partial charge in [-0.1, -0.05) is 54.1 Å². The summed E-state index contributed by atoms with van der Waals surface area (Å²) in [6.45, 7) is 2.15. The average Bonchev–Trinajstić information content (AvgIpc) is 3.33. The van der Waals surface area contributed by atoms with Crippen molar-refractivity contribution >= 4 is 52.1 Å². The van der Waals surface area contributed by atoms with Crippen molar-refractivity contribution in [2.24, 2.45) is 0 Å². The molecule has 192 valence electrons. The minimum absolute atomic E-state index is 0.109. The van der Waals surface area contributed by atoms with Crippen LogP contribution in [0.3, 0.4) is 0 Å². The van der Waals surface area contributed by atoms with E-state index in [2.05, 4.69) is 15.2 Å². The van der Waals surface area contributed by atoms with Crippen LogP contribution >= 0.6 is 11.6 Å². The maximum Gasteiger partial charge on any atom is 0.329 e. The van der Waals surface area contributed by atoms with Crippen LogP contribution in [0.2, 0.25) is 5.02 Å². The Hall–Kier alpha value is -4.56. The lowest BCUT2D eigenvalue weighted by Crippen LogP contribution is -2.38. The van der Waals surface area contributed by atoms with Gasteiger partial charge in [-0.05, 0) is 48.9 Å². The Morgan fingerprint density at radius 1 is 1.03 bits per heavy atom. The Bertz CT molecular complexity index is 1590. The van der Waals surface area contributed by atoms with E-state index in [1.807, 2.05) is 55.5 Å². The van der Waals surface area contributed by atoms with Crippen molar-refractivity contribution in [1.82, 2.24) is 14.8 Å². The molecule has 0 aliphatic carbocycles. The first-order chi connectivity index (χ1) is 18.4. The highest BCUT2D eigenvalue weighted by Gasteiger charge is 2.35. The van der Waals surface area contributed by atoms with Crippen LogP contribution in [0.4, 0.5) is 10.5 Å². The topological polar surface area (TPSA) is 92.7 Å². The van der Waals surface area contributed by atoms with E-state index < -0.39 is 24.4 Å². The molecule has 1 aliphatic heterocycles. The van der Waals surface area contributed by atoms with E-state index in [9.17, 15) is 14.4 Å². The zero-order valence-electron chi connectivity index (χ0n) is 20.8. The van der Waals surface area contributed by atoms with Crippen LogP contribution in [0.25, 0.3) is 17.0 Å². The molecule has 2 heterocycles. The van der Waals surface area contributed by atoms with Crippen molar-refractivity contribution in [3.05, 3.63) is 100 Å². The molecule has 0 atom stereocenters. The minimum Gasteiger partial charge on any atom is -0.495 e. The van der Waals surface area contributed by atoms with Crippen LogP contribution in [0.15, 0.2) is 78.5 Å². The molecule has 0 saturated carbocycles. The lowest BCUT2D eigenvalue weighted by Gasteiger charge is -2.13. The van der Waals surface area contributed by atoms with E-state index >= 15 is 0 Å². The summed E-state index contributed by atoms with van der Waals surface area (Å²) in [7, 11) is 1.49. The molecule has 1 fully saturated rings. The number of hydrogen-bond acceptors (Lipinski definition) is 4. The fraction of sp³-hybridized carbons (Fsp3) is 0.138. The molecule has 38 heavy (non-hydrogen) atoms. The van der Waals surface area contributed by atoms with Crippen molar-refractivity contribution in [2.75, 3.05) is 19.0 Å². The van der Waals surface area contributed by atoms with Crippen LogP contribution in [-0.2, 0) is 16.1 Å². The van der Waals surface area contributed by atoms with E-state index in [1.165, 1.54) is 7.11 Å². The first-order valence-electron chi connectivity index (χ1n) is 12.0. The van der Waals surface area contributed by atoms with Gasteiger partial charge in [0.2, 0.25) is 5.91 Å². The predicted octanol–water partition coefficient (Wildman–Crippen LogP) is 5.19. The molecule has 5 rings (SSSR count). The second-order valence-corrected chi connectivity index (χ2v) is 9.29. The number of rotatable bonds is 7. The molecule has 2 N–H and O–H groups in total. The summed E-state index contributed by atoms with van der Waals surface area (Å²) in [5.41, 5.74) is 4.39. The lowest BCUT2D eigenvalue weighted by atomic mass is 10.1. The van der Waals surface area contributed by atoms with Crippen LogP contribution in [-0.4, -0.2) is 41.0 Å². The Morgan fingerprint density at radius 2 is 1.74 bits per heavy atom. The monoisotopic (exact) mass is 528 g/mol. The molecule has 4 amide bonds. The van der Waals surface area contributed by atoms with Gasteiger partial charge in [-0.2, -0.15) is 0 Å². The Labute approximate surface area is 224 Å². The number of methoxy groups -OCH3 is 1. The summed E-state index contributed by atoms with van der Waals surface area (Å²) in [5, 5.41) is 6.93. The Morgan fingerprint density at radius 3 is 2.50 bits per heavy atom. The molecular weight excluding hydrogens is 504 g/mol. The second-order valence-electron chi connectivity index (χ2n) is 8.86. The summed E-state index contributed by atoms with van der Waals surface area (Å²) in [6.07, 6.45) is 1.67. The molecular formula is C29H25ClN4O4. The Kier molecular flexibility index (Phi) is 6.89. The summed E-state index contributed by atoms with van der Waals surface area (Å²) in [6, 6.07) is 21.8. The van der Waals surface area contributed by atoms with Crippen LogP contribution in [0.5, 0.6) is 5.75 Å². The molecule has 1 aliphatic rings. The van der Waals surface area contributed by atoms with E-state index in [4.69, 9.17) is 16.3 Å². The van der Waals surface area contributed by atoms with Gasteiger partial charge in [0.25, 0.3) is 5.91 Å². The molecule has 1 aromatic heterocycles. The smallest absolute Gasteiger partial charge is 0.329 e. The number of benzene rings is 3. The van der Waals surface area contributed by atoms with Crippen molar-refractivity contribution in [2.45, 2.75) is 13.5 Å². The number of halogens is 1. The zero-order valence-corrected chi connectivity index (χ0v) is 21.6. The maximum atomic E-state index is 13.2. The highest BCUT2D eigenvalue weighted by molar-refractivity contribution is 6.30. The number of carbonyl (C=O) groups excluding carboxylic acids is 3. The quantitative estimate of drug-likeness (QED) is 0.255. The number of hydrogen-bond donors (Lipinski definition) is 2. The van der Waals surface area contributed by atoms with E-state index in [0.29, 0.717) is 23.0 Å². The third-order valence-electron chi connectivity index (χ3n) is 6.47. The highest BCUT2D eigenvalue weighted by Crippen LogP contribution is 2.30. The molecule has 0 unspecified atom stereocenters. The molecule has 0 spiro atoms. The van der Waals surface area contributed by atoms with Gasteiger partial charge >= 0.3 is 6.03 Å². The fourth-order valence-electron chi connectivity index (χ4n) is 4.56. The van der Waals surface area contributed by atoms with Gasteiger partial charge in [0.05, 0.1) is 12.8 Å². The number of aromatic nitrogens is 1. The lowest BCUT2D eigenvalue weighted by molar-refractivity contribution is -0.127. The predicted molar refractivity (Wildman–Crippen MR) is 147 cm³/mol. The number of nitrogens with zero attached hydrogens (tertiary/aromatic N) is 2. The number of carbonyl (C=O) groups is 3. The summed E-state index contributed by atoms with van der Waals surface area (Å²) in [4.78, 5) is 39.3. The zero-order chi connectivity index (χ0) is 26.8. The second kappa shape index (κ2) is 10.4. The molecule has 9 heteroatoms. The number of para-hydroxylation sites is 3. The average molecular weight is 529 g/mol. The first-order valence-corrected chi connectivity index (χ1v) is 12.3. The largest absolute Gasteiger partial charge is 0.495 e. The van der Waals surface area contributed by atoms with Gasteiger partial charge in [-0.3, -0.25) is 9.59 Å². The van der Waals surface area contributed by atoms with Gasteiger partial charge in [-0.15, -0.1) is 0 Å². The standard InChI is InChI=1S/C29H25ClN4O4/c1-18-22(21-7-3-5-9-25(21)33(18)16-19-11-13-20(30)14-12-19)15-24-28(36)34(29(37)32-24)17-27(35)31-23-8-4-6-10-26(23)38-2/h3-15H,16-17H2,1-2H3,(H,31,35)(H,32,37)/b24-15+. The van der Waals surface area contributed by atoms with Crippen molar-refractivity contribution in [3.63, 3.8) is 0 Å². The van der Waals surface area contributed by atoms with Crippen molar-refractivity contribution in [1.29, 1.82) is 0 Å². The van der Waals surface area contributed by atoms with Gasteiger partial charge in [-0.25, -0.2) is 9.69 Å². The van der Waals surface area contributed by atoms with Crippen LogP contribution < -0.4 is 15.4 Å². The van der Waals surface area contributed by atoms with E-state index in [-0.39, 0.29) is 5.70 Å². The number of anilines is 1. The van der Waals surface area contributed by atoms with Crippen LogP contribution in [0.1, 0.15) is 16.8 Å². The number of amides is 4. The van der Waals surface area contributed by atoms with E-state index in [1.54, 1.807) is 30.3 Å². The number of fused-ring (bicyclic) bond motifs is 1. The third kappa shape index (κ3) is 4.86. The van der Waals surface area contributed by atoms with Gasteiger partial charge < -0.3 is 19.9 Å². The molecule has 3 aromatic carbocycles. The normalized spacial score (nSPS) is 14.3. The van der Waals surface area contributed by atoms with Crippen LogP contribution in [0, 0.1) is 6.92 Å². The number of nitrogens with one attached hydrogen (secondary N) is 2. The highest BCUT2D eigenvalue weighted by atomic mass is 35.5. The first kappa shape index (κ1) is 25.1. The van der Waals surface area contributed by atoms with Gasteiger partial charge in [0, 0.05) is 33.7 Å². The SMILES string of the molecule is COc1ccccc1NC(=O)CN1C(=O)N/C(=C/c2c(C)n(Cc3ccc(Cl)cc3)c3ccccc23)C1=O. The third-order valence-corrected chi connectivity index (χ3v) is 6.72. The van der Waals surface area contributed by atoms with Crippen molar-refractivity contribution < 1.29 is 19.1 Å². The van der Waals surface area contributed by atoms with E-state index in [0.717, 1.165) is 32.6 Å². The number of imide groups is 1.